The molecule has 2 aliphatic heterocycles. The van der Waals surface area contributed by atoms with Crippen LogP contribution >= 0.6 is 0 Å². The lowest BCUT2D eigenvalue weighted by atomic mass is 9.96. The van der Waals surface area contributed by atoms with Gasteiger partial charge in [-0.15, -0.1) is 0 Å². The normalized spacial score (nSPS) is 24.4. The Morgan fingerprint density at radius 3 is 2.68 bits per heavy atom. The molecule has 0 amide bonds. The third-order valence-corrected chi connectivity index (χ3v) is 4.19. The van der Waals surface area contributed by atoms with Crippen molar-refractivity contribution in [3.8, 4) is 5.75 Å². The first kappa shape index (κ1) is 12.8. The number of para-hydroxylation sites is 1. The molecule has 2 heterocycles. The zero-order valence-electron chi connectivity index (χ0n) is 11.4. The van der Waals surface area contributed by atoms with E-state index in [2.05, 4.69) is 27.7 Å². The van der Waals surface area contributed by atoms with E-state index in [1.807, 2.05) is 6.07 Å². The standard InChI is InChI=1S/C15H23N3O/c19-15-12(13-5-1-2-7-17-13)4-3-6-14(15)18-10-8-16-9-11-18/h3-4,6,13,16-17,19H,1-2,5,7-11H2. The maximum absolute atomic E-state index is 10.6. The van der Waals surface area contributed by atoms with Crippen molar-refractivity contribution in [2.24, 2.45) is 0 Å². The lowest BCUT2D eigenvalue weighted by molar-refractivity contribution is 0.390. The number of hydrogen-bond donors (Lipinski definition) is 3. The molecule has 4 heteroatoms. The van der Waals surface area contributed by atoms with Crippen LogP contribution in [0.1, 0.15) is 30.9 Å². The van der Waals surface area contributed by atoms with Crippen LogP contribution in [0.2, 0.25) is 0 Å². The quantitative estimate of drug-likeness (QED) is 0.757. The molecule has 0 aliphatic carbocycles. The largest absolute Gasteiger partial charge is 0.505 e. The molecule has 1 aromatic rings. The molecule has 2 fully saturated rings. The molecule has 0 radical (unpaired) electrons. The Hall–Kier alpha value is -1.26. The van der Waals surface area contributed by atoms with Crippen molar-refractivity contribution >= 4 is 5.69 Å². The van der Waals surface area contributed by atoms with Crippen LogP contribution in [0.25, 0.3) is 0 Å². The molecule has 1 aromatic carbocycles. The number of nitrogens with one attached hydrogen (secondary N) is 2. The first-order valence-electron chi connectivity index (χ1n) is 7.37. The van der Waals surface area contributed by atoms with Gasteiger partial charge >= 0.3 is 0 Å². The third-order valence-electron chi connectivity index (χ3n) is 4.19. The van der Waals surface area contributed by atoms with Crippen LogP contribution < -0.4 is 15.5 Å². The van der Waals surface area contributed by atoms with Gasteiger partial charge in [-0.1, -0.05) is 18.6 Å². The molecule has 0 aromatic heterocycles. The van der Waals surface area contributed by atoms with Crippen LogP contribution in [0.5, 0.6) is 5.75 Å². The van der Waals surface area contributed by atoms with Crippen molar-refractivity contribution in [1.29, 1.82) is 0 Å². The topological polar surface area (TPSA) is 47.5 Å². The van der Waals surface area contributed by atoms with E-state index >= 15 is 0 Å². The summed E-state index contributed by atoms with van der Waals surface area (Å²) in [5.74, 6) is 0.476. The van der Waals surface area contributed by atoms with Crippen LogP contribution in [0.15, 0.2) is 18.2 Å². The number of phenols is 1. The van der Waals surface area contributed by atoms with Crippen LogP contribution in [0, 0.1) is 0 Å². The summed E-state index contributed by atoms with van der Waals surface area (Å²) in [7, 11) is 0. The molecular weight excluding hydrogens is 238 g/mol. The minimum Gasteiger partial charge on any atom is -0.505 e. The molecule has 3 rings (SSSR count). The summed E-state index contributed by atoms with van der Waals surface area (Å²) in [5.41, 5.74) is 2.06. The van der Waals surface area contributed by atoms with Gasteiger partial charge in [-0.25, -0.2) is 0 Å². The molecule has 1 atom stereocenters. The molecule has 1 unspecified atom stereocenters. The number of anilines is 1. The fraction of sp³-hybridized carbons (Fsp3) is 0.600. The fourth-order valence-corrected chi connectivity index (χ4v) is 3.11. The van der Waals surface area contributed by atoms with Gasteiger partial charge in [0, 0.05) is 37.8 Å². The van der Waals surface area contributed by atoms with Gasteiger partial charge in [-0.05, 0) is 25.5 Å². The van der Waals surface area contributed by atoms with E-state index < -0.39 is 0 Å². The molecule has 2 saturated heterocycles. The highest BCUT2D eigenvalue weighted by molar-refractivity contribution is 5.62. The predicted octanol–water partition coefficient (Wildman–Crippen LogP) is 1.62. The molecule has 104 valence electrons. The highest BCUT2D eigenvalue weighted by atomic mass is 16.3. The van der Waals surface area contributed by atoms with Gasteiger partial charge in [0.05, 0.1) is 5.69 Å². The Kier molecular flexibility index (Phi) is 3.89. The molecule has 2 aliphatic rings. The van der Waals surface area contributed by atoms with Crippen LogP contribution in [0.4, 0.5) is 5.69 Å². The zero-order valence-corrected chi connectivity index (χ0v) is 11.4. The smallest absolute Gasteiger partial charge is 0.143 e. The van der Waals surface area contributed by atoms with Gasteiger partial charge in [0.1, 0.15) is 5.75 Å². The monoisotopic (exact) mass is 261 g/mol. The van der Waals surface area contributed by atoms with Crippen LogP contribution in [-0.4, -0.2) is 37.8 Å². The van der Waals surface area contributed by atoms with Gasteiger partial charge in [-0.2, -0.15) is 0 Å². The van der Waals surface area contributed by atoms with E-state index in [1.165, 1.54) is 12.8 Å². The van der Waals surface area contributed by atoms with Crippen molar-refractivity contribution in [2.75, 3.05) is 37.6 Å². The third kappa shape index (κ3) is 2.69. The van der Waals surface area contributed by atoms with Crippen molar-refractivity contribution in [1.82, 2.24) is 10.6 Å². The van der Waals surface area contributed by atoms with Gasteiger partial charge < -0.3 is 20.6 Å². The summed E-state index contributed by atoms with van der Waals surface area (Å²) in [6, 6.07) is 6.48. The van der Waals surface area contributed by atoms with Crippen LogP contribution in [0.3, 0.4) is 0 Å². The summed E-state index contributed by atoms with van der Waals surface area (Å²) in [5, 5.41) is 17.5. The number of piperazine rings is 1. The molecule has 19 heavy (non-hydrogen) atoms. The van der Waals surface area contributed by atoms with Gasteiger partial charge in [0.15, 0.2) is 0 Å². The molecule has 3 N–H and O–H groups in total. The van der Waals surface area contributed by atoms with Crippen molar-refractivity contribution in [3.05, 3.63) is 23.8 Å². The summed E-state index contributed by atoms with van der Waals surface area (Å²) < 4.78 is 0. The molecule has 0 spiro atoms. The Morgan fingerprint density at radius 1 is 1.11 bits per heavy atom. The van der Waals surface area contributed by atoms with Crippen molar-refractivity contribution in [2.45, 2.75) is 25.3 Å². The minimum absolute atomic E-state index is 0.316. The minimum atomic E-state index is 0.316. The molecule has 0 bridgehead atoms. The average molecular weight is 261 g/mol. The first-order valence-corrected chi connectivity index (χ1v) is 7.37. The van der Waals surface area contributed by atoms with Gasteiger partial charge in [0.25, 0.3) is 0 Å². The highest BCUT2D eigenvalue weighted by Gasteiger charge is 2.22. The predicted molar refractivity (Wildman–Crippen MR) is 77.8 cm³/mol. The number of aromatic hydroxyl groups is 1. The number of rotatable bonds is 2. The van der Waals surface area contributed by atoms with E-state index in [4.69, 9.17) is 0 Å². The Labute approximate surface area is 114 Å². The number of nitrogens with zero attached hydrogens (tertiary/aromatic N) is 1. The number of piperidine rings is 1. The highest BCUT2D eigenvalue weighted by Crippen LogP contribution is 2.37. The Balaban J connectivity index is 1.84. The Morgan fingerprint density at radius 2 is 1.95 bits per heavy atom. The fourth-order valence-electron chi connectivity index (χ4n) is 3.11. The summed E-state index contributed by atoms with van der Waals surface area (Å²) >= 11 is 0. The lowest BCUT2D eigenvalue weighted by Gasteiger charge is -2.32. The van der Waals surface area contributed by atoms with E-state index in [1.54, 1.807) is 0 Å². The van der Waals surface area contributed by atoms with E-state index in [0.717, 1.165) is 50.4 Å². The van der Waals surface area contributed by atoms with Gasteiger partial charge in [-0.3, -0.25) is 0 Å². The summed E-state index contributed by atoms with van der Waals surface area (Å²) in [4.78, 5) is 2.28. The number of benzene rings is 1. The SMILES string of the molecule is Oc1c(C2CCCCN2)cccc1N1CCNCC1. The van der Waals surface area contributed by atoms with Gasteiger partial charge in [0.2, 0.25) is 0 Å². The second kappa shape index (κ2) is 5.80. The number of hydrogen-bond acceptors (Lipinski definition) is 4. The van der Waals surface area contributed by atoms with Crippen molar-refractivity contribution in [3.63, 3.8) is 0 Å². The summed E-state index contributed by atoms with van der Waals surface area (Å²) in [6.45, 7) is 4.98. The van der Waals surface area contributed by atoms with E-state index in [0.29, 0.717) is 11.8 Å². The maximum atomic E-state index is 10.6. The molecule has 4 nitrogen and oxygen atoms in total. The zero-order chi connectivity index (χ0) is 13.1. The van der Waals surface area contributed by atoms with Crippen molar-refractivity contribution < 1.29 is 5.11 Å². The lowest BCUT2D eigenvalue weighted by Crippen LogP contribution is -2.43. The Bertz CT molecular complexity index is 387. The second-order valence-corrected chi connectivity index (χ2v) is 5.45. The van der Waals surface area contributed by atoms with E-state index in [-0.39, 0.29) is 0 Å². The average Bonchev–Trinajstić information content (AvgIpc) is 2.49. The molecular formula is C15H23N3O. The summed E-state index contributed by atoms with van der Waals surface area (Å²) in [6.07, 6.45) is 3.61. The maximum Gasteiger partial charge on any atom is 0.143 e. The second-order valence-electron chi connectivity index (χ2n) is 5.45. The first-order chi connectivity index (χ1) is 9.36. The number of phenolic OH excluding ortho intramolecular Hbond substituents is 1. The molecule has 0 saturated carbocycles. The van der Waals surface area contributed by atoms with Crippen LogP contribution in [-0.2, 0) is 0 Å². The van der Waals surface area contributed by atoms with E-state index in [9.17, 15) is 5.11 Å².